The van der Waals surface area contributed by atoms with Gasteiger partial charge in [-0.3, -0.25) is 4.79 Å². The maximum absolute atomic E-state index is 12.8. The third-order valence-corrected chi connectivity index (χ3v) is 4.66. The van der Waals surface area contributed by atoms with E-state index in [1.807, 2.05) is 0 Å². The number of alkyl halides is 3. The van der Waals surface area contributed by atoms with Crippen molar-refractivity contribution in [3.05, 3.63) is 0 Å². The Balaban J connectivity index is 2.73. The van der Waals surface area contributed by atoms with Crippen molar-refractivity contribution in [1.82, 2.24) is 9.62 Å². The fourth-order valence-corrected chi connectivity index (χ4v) is 3.47. The fraction of sp³-hybridized carbons (Fsp3) is 0.909. The van der Waals surface area contributed by atoms with Crippen LogP contribution in [0.1, 0.15) is 19.8 Å². The van der Waals surface area contributed by atoms with Crippen LogP contribution in [0, 0.1) is 0 Å². The average molecular weight is 332 g/mol. The molecule has 1 rings (SSSR count). The summed E-state index contributed by atoms with van der Waals surface area (Å²) >= 11 is 0. The largest absolute Gasteiger partial charge is 0.408 e. The zero-order chi connectivity index (χ0) is 16.3. The lowest BCUT2D eigenvalue weighted by molar-refractivity contribution is -0.196. The molecular formula is C11H19F3N2O4S. The topological polar surface area (TPSA) is 75.7 Å². The van der Waals surface area contributed by atoms with Crippen LogP contribution in [0.4, 0.5) is 13.2 Å². The highest BCUT2D eigenvalue weighted by Crippen LogP contribution is 2.32. The minimum absolute atomic E-state index is 0.0103. The van der Waals surface area contributed by atoms with Gasteiger partial charge < -0.3 is 9.64 Å². The summed E-state index contributed by atoms with van der Waals surface area (Å²) in [5.41, 5.74) is 0. The summed E-state index contributed by atoms with van der Waals surface area (Å²) in [6.07, 6.45) is -4.80. The summed E-state index contributed by atoms with van der Waals surface area (Å²) in [7, 11) is -2.29. The Morgan fingerprint density at radius 1 is 1.38 bits per heavy atom. The molecule has 1 heterocycles. The molecule has 0 aromatic heterocycles. The van der Waals surface area contributed by atoms with Crippen molar-refractivity contribution in [2.75, 3.05) is 26.0 Å². The van der Waals surface area contributed by atoms with E-state index in [-0.39, 0.29) is 31.7 Å². The monoisotopic (exact) mass is 332 g/mol. The average Bonchev–Trinajstić information content (AvgIpc) is 2.34. The summed E-state index contributed by atoms with van der Waals surface area (Å²) in [6, 6.07) is -2.57. The van der Waals surface area contributed by atoms with E-state index in [4.69, 9.17) is 0 Å². The first kappa shape index (κ1) is 18.2. The van der Waals surface area contributed by atoms with E-state index in [9.17, 15) is 26.4 Å². The number of ether oxygens (including phenoxy) is 1. The highest BCUT2D eigenvalue weighted by atomic mass is 32.2. The highest BCUT2D eigenvalue weighted by molar-refractivity contribution is 7.89. The van der Waals surface area contributed by atoms with Gasteiger partial charge in [-0.15, -0.1) is 0 Å². The molecule has 0 bridgehead atoms. The first-order valence-corrected chi connectivity index (χ1v) is 8.05. The maximum atomic E-state index is 12.8. The van der Waals surface area contributed by atoms with E-state index in [0.29, 0.717) is 4.90 Å². The van der Waals surface area contributed by atoms with Crippen molar-refractivity contribution in [1.29, 1.82) is 0 Å². The van der Waals surface area contributed by atoms with Gasteiger partial charge in [0.15, 0.2) is 0 Å². The van der Waals surface area contributed by atoms with Crippen molar-refractivity contribution in [2.24, 2.45) is 0 Å². The number of rotatable bonds is 5. The zero-order valence-electron chi connectivity index (χ0n) is 11.8. The number of likely N-dealkylation sites (tertiary alicyclic amines) is 1. The van der Waals surface area contributed by atoms with E-state index in [0.717, 1.165) is 6.92 Å². The zero-order valence-corrected chi connectivity index (χ0v) is 12.6. The van der Waals surface area contributed by atoms with Gasteiger partial charge >= 0.3 is 6.18 Å². The summed E-state index contributed by atoms with van der Waals surface area (Å²) < 4.78 is 68.9. The van der Waals surface area contributed by atoms with Crippen LogP contribution in [0.2, 0.25) is 0 Å². The van der Waals surface area contributed by atoms with Crippen LogP contribution < -0.4 is 4.72 Å². The molecule has 124 valence electrons. The standard InChI is InChI=1S/C11H19F3N2O4S/c1-8(17)16-7-9(3-4-10(16)11(12,13)14)15-21(18,19)6-5-20-2/h9-10,15H,3-7H2,1-2H3. The molecule has 0 saturated carbocycles. The lowest BCUT2D eigenvalue weighted by Crippen LogP contribution is -2.57. The van der Waals surface area contributed by atoms with E-state index in [2.05, 4.69) is 9.46 Å². The molecule has 1 aliphatic rings. The summed E-state index contributed by atoms with van der Waals surface area (Å²) in [5.74, 6) is -0.999. The van der Waals surface area contributed by atoms with E-state index < -0.39 is 34.2 Å². The molecule has 1 aliphatic heterocycles. The van der Waals surface area contributed by atoms with Gasteiger partial charge in [0.1, 0.15) is 6.04 Å². The SMILES string of the molecule is COCCS(=O)(=O)NC1CCC(C(F)(F)F)N(C(C)=O)C1. The van der Waals surface area contributed by atoms with E-state index >= 15 is 0 Å². The third-order valence-electron chi connectivity index (χ3n) is 3.27. The van der Waals surface area contributed by atoms with Crippen LogP contribution in [0.3, 0.4) is 0 Å². The number of nitrogens with one attached hydrogen (secondary N) is 1. The van der Waals surface area contributed by atoms with Gasteiger partial charge in [0, 0.05) is 26.6 Å². The van der Waals surface area contributed by atoms with Crippen LogP contribution >= 0.6 is 0 Å². The normalized spacial score (nSPS) is 24.1. The van der Waals surface area contributed by atoms with Gasteiger partial charge in [0.2, 0.25) is 15.9 Å². The Kier molecular flexibility index (Phi) is 6.00. The summed E-state index contributed by atoms with van der Waals surface area (Å²) in [5, 5.41) is 0. The second-order valence-corrected chi connectivity index (χ2v) is 6.81. The van der Waals surface area contributed by atoms with E-state index in [1.165, 1.54) is 7.11 Å². The molecule has 10 heteroatoms. The van der Waals surface area contributed by atoms with Gasteiger partial charge in [0.05, 0.1) is 12.4 Å². The Hall–Kier alpha value is -0.870. The number of carbonyl (C=O) groups is 1. The molecule has 1 fully saturated rings. The minimum atomic E-state index is -4.51. The molecule has 0 spiro atoms. The van der Waals surface area contributed by atoms with Gasteiger partial charge in [0.25, 0.3) is 0 Å². The number of nitrogens with zero attached hydrogens (tertiary/aromatic N) is 1. The van der Waals surface area contributed by atoms with Gasteiger partial charge in [-0.05, 0) is 12.8 Å². The lowest BCUT2D eigenvalue weighted by atomic mass is 9.98. The lowest BCUT2D eigenvalue weighted by Gasteiger charge is -2.39. The molecule has 0 aromatic rings. The molecule has 2 unspecified atom stereocenters. The molecular weight excluding hydrogens is 313 g/mol. The van der Waals surface area contributed by atoms with Crippen molar-refractivity contribution in [2.45, 2.75) is 38.0 Å². The van der Waals surface area contributed by atoms with Crippen molar-refractivity contribution < 1.29 is 31.1 Å². The number of hydrogen-bond donors (Lipinski definition) is 1. The number of piperidine rings is 1. The third kappa shape index (κ3) is 5.44. The van der Waals surface area contributed by atoms with Crippen LogP contribution in [-0.4, -0.2) is 63.5 Å². The van der Waals surface area contributed by atoms with Gasteiger partial charge in [-0.25, -0.2) is 13.1 Å². The molecule has 2 atom stereocenters. The molecule has 1 amide bonds. The van der Waals surface area contributed by atoms with Gasteiger partial charge in [-0.1, -0.05) is 0 Å². The van der Waals surface area contributed by atoms with Gasteiger partial charge in [-0.2, -0.15) is 13.2 Å². The number of methoxy groups -OCH3 is 1. The number of halogens is 3. The van der Waals surface area contributed by atoms with Crippen molar-refractivity contribution in [3.63, 3.8) is 0 Å². The predicted molar refractivity (Wildman–Crippen MR) is 69.1 cm³/mol. The van der Waals surface area contributed by atoms with Crippen LogP contribution in [0.5, 0.6) is 0 Å². The second kappa shape index (κ2) is 6.93. The molecule has 21 heavy (non-hydrogen) atoms. The first-order valence-electron chi connectivity index (χ1n) is 6.39. The van der Waals surface area contributed by atoms with Crippen LogP contribution in [0.15, 0.2) is 0 Å². The molecule has 1 N–H and O–H groups in total. The Morgan fingerprint density at radius 2 is 2.00 bits per heavy atom. The number of amides is 1. The molecule has 0 aliphatic carbocycles. The molecule has 1 saturated heterocycles. The van der Waals surface area contributed by atoms with E-state index in [1.54, 1.807) is 0 Å². The molecule has 6 nitrogen and oxygen atoms in total. The summed E-state index contributed by atoms with van der Waals surface area (Å²) in [4.78, 5) is 12.0. The second-order valence-electron chi connectivity index (χ2n) is 4.93. The maximum Gasteiger partial charge on any atom is 0.408 e. The fourth-order valence-electron chi connectivity index (χ4n) is 2.26. The minimum Gasteiger partial charge on any atom is -0.384 e. The van der Waals surface area contributed by atoms with Crippen molar-refractivity contribution >= 4 is 15.9 Å². The highest BCUT2D eigenvalue weighted by Gasteiger charge is 2.47. The molecule has 0 radical (unpaired) electrons. The van der Waals surface area contributed by atoms with Crippen LogP contribution in [-0.2, 0) is 19.6 Å². The summed E-state index contributed by atoms with van der Waals surface area (Å²) in [6.45, 7) is 0.746. The van der Waals surface area contributed by atoms with Crippen molar-refractivity contribution in [3.8, 4) is 0 Å². The number of carbonyl (C=O) groups excluding carboxylic acids is 1. The number of sulfonamides is 1. The quantitative estimate of drug-likeness (QED) is 0.795. The number of hydrogen-bond acceptors (Lipinski definition) is 4. The smallest absolute Gasteiger partial charge is 0.384 e. The Morgan fingerprint density at radius 3 is 2.48 bits per heavy atom. The predicted octanol–water partition coefficient (Wildman–Crippen LogP) is 0.494. The van der Waals surface area contributed by atoms with Crippen LogP contribution in [0.25, 0.3) is 0 Å². The Labute approximate surface area is 121 Å². The Bertz CT molecular complexity index is 467. The first-order chi connectivity index (χ1) is 9.57. The molecule has 0 aromatic carbocycles.